The fourth-order valence-electron chi connectivity index (χ4n) is 4.59. The van der Waals surface area contributed by atoms with Crippen LogP contribution < -0.4 is 0 Å². The zero-order valence-corrected chi connectivity index (χ0v) is 17.7. The Labute approximate surface area is 172 Å². The lowest BCUT2D eigenvalue weighted by Gasteiger charge is -2.33. The number of carboxylic acids is 1. The Balaban J connectivity index is 1.80. The summed E-state index contributed by atoms with van der Waals surface area (Å²) < 4.78 is 5.41. The van der Waals surface area contributed by atoms with Gasteiger partial charge in [0, 0.05) is 18.3 Å². The van der Waals surface area contributed by atoms with Gasteiger partial charge in [-0.25, -0.2) is 4.98 Å². The number of nitrogens with zero attached hydrogens (tertiary/aromatic N) is 4. The van der Waals surface area contributed by atoms with Crippen LogP contribution in [0.1, 0.15) is 83.9 Å². The molecule has 2 heterocycles. The number of carboxylic acid groups (broad SMARTS) is 1. The van der Waals surface area contributed by atoms with Gasteiger partial charge in [0.15, 0.2) is 5.82 Å². The summed E-state index contributed by atoms with van der Waals surface area (Å²) in [6, 6.07) is 0. The predicted octanol–water partition coefficient (Wildman–Crippen LogP) is 5.11. The number of aliphatic carboxylic acids is 1. The highest BCUT2D eigenvalue weighted by Gasteiger charge is 2.41. The van der Waals surface area contributed by atoms with E-state index in [0.717, 1.165) is 25.2 Å². The quantitative estimate of drug-likeness (QED) is 0.657. The van der Waals surface area contributed by atoms with Crippen LogP contribution in [0.3, 0.4) is 0 Å². The van der Waals surface area contributed by atoms with Gasteiger partial charge >= 0.3 is 5.97 Å². The van der Waals surface area contributed by atoms with Crippen molar-refractivity contribution in [3.63, 3.8) is 0 Å². The lowest BCUT2D eigenvalue weighted by molar-refractivity contribution is -0.147. The molecule has 0 spiro atoms. The first-order valence-corrected chi connectivity index (χ1v) is 10.7. The number of aromatic nitrogens is 4. The minimum atomic E-state index is -0.814. The summed E-state index contributed by atoms with van der Waals surface area (Å²) in [5.41, 5.74) is 0.0733. The second kappa shape index (κ2) is 9.46. The average molecular weight is 401 g/mol. The third kappa shape index (κ3) is 5.61. The van der Waals surface area contributed by atoms with E-state index < -0.39 is 17.3 Å². The summed E-state index contributed by atoms with van der Waals surface area (Å²) >= 11 is 0. The van der Waals surface area contributed by atoms with Crippen LogP contribution >= 0.6 is 0 Å². The van der Waals surface area contributed by atoms with Crippen LogP contribution in [-0.4, -0.2) is 31.2 Å². The molecule has 0 saturated heterocycles. The molecule has 29 heavy (non-hydrogen) atoms. The van der Waals surface area contributed by atoms with Crippen LogP contribution in [0.2, 0.25) is 0 Å². The maximum absolute atomic E-state index is 12.2. The molecule has 7 nitrogen and oxygen atoms in total. The Hall–Kier alpha value is -2.31. The van der Waals surface area contributed by atoms with Crippen LogP contribution in [0.5, 0.6) is 0 Å². The van der Waals surface area contributed by atoms with Gasteiger partial charge in [-0.15, -0.1) is 0 Å². The minimum absolute atomic E-state index is 0.281. The summed E-state index contributed by atoms with van der Waals surface area (Å²) in [4.78, 5) is 24.9. The van der Waals surface area contributed by atoms with Crippen molar-refractivity contribution in [1.29, 1.82) is 0 Å². The second-order valence-electron chi connectivity index (χ2n) is 9.27. The zero-order valence-electron chi connectivity index (χ0n) is 17.7. The molecule has 0 aliphatic heterocycles. The summed E-state index contributed by atoms with van der Waals surface area (Å²) in [7, 11) is 0. The van der Waals surface area contributed by atoms with Crippen molar-refractivity contribution in [2.75, 3.05) is 0 Å². The smallest absolute Gasteiger partial charge is 0.307 e. The van der Waals surface area contributed by atoms with Crippen LogP contribution in [-0.2, 0) is 4.79 Å². The van der Waals surface area contributed by atoms with E-state index in [1.807, 2.05) is 20.8 Å². The monoisotopic (exact) mass is 400 g/mol. The Kier molecular flexibility index (Phi) is 6.98. The van der Waals surface area contributed by atoms with Gasteiger partial charge < -0.3 is 9.63 Å². The van der Waals surface area contributed by atoms with Gasteiger partial charge in [0.25, 0.3) is 5.89 Å². The molecule has 2 atom stereocenters. The Bertz CT molecular complexity index is 779. The molecule has 1 N–H and O–H groups in total. The molecule has 1 aliphatic rings. The van der Waals surface area contributed by atoms with Crippen molar-refractivity contribution in [2.45, 2.75) is 78.1 Å². The lowest BCUT2D eigenvalue weighted by atomic mass is 9.71. The summed E-state index contributed by atoms with van der Waals surface area (Å²) in [5, 5.41) is 14.2. The van der Waals surface area contributed by atoms with Gasteiger partial charge in [-0.05, 0) is 17.8 Å². The van der Waals surface area contributed by atoms with Gasteiger partial charge in [0.05, 0.1) is 12.1 Å². The maximum Gasteiger partial charge on any atom is 0.307 e. The molecule has 2 aromatic heterocycles. The molecule has 2 aromatic rings. The second-order valence-corrected chi connectivity index (χ2v) is 9.27. The first kappa shape index (κ1) is 21.4. The fourth-order valence-corrected chi connectivity index (χ4v) is 4.59. The molecule has 0 amide bonds. The lowest BCUT2D eigenvalue weighted by Crippen LogP contribution is -2.34. The standard InChI is InChI=1S/C22H32N4O3/c1-22(2,3)18(21(27)28)16(11-7-10-15-8-5-4-6-9-15)19-25-20(29-26-19)17-14-23-12-13-24-17/h12-16,18H,4-11H2,1-3H3,(H,27,28)/t16-,18?/m1/s1. The molecular formula is C22H32N4O3. The molecule has 1 aliphatic carbocycles. The van der Waals surface area contributed by atoms with E-state index in [4.69, 9.17) is 4.52 Å². The van der Waals surface area contributed by atoms with Crippen molar-refractivity contribution in [1.82, 2.24) is 20.1 Å². The van der Waals surface area contributed by atoms with Crippen molar-refractivity contribution in [3.8, 4) is 11.6 Å². The Morgan fingerprint density at radius 1 is 1.24 bits per heavy atom. The normalized spacial score (nSPS) is 17.8. The highest BCUT2D eigenvalue weighted by molar-refractivity contribution is 5.72. The molecule has 1 unspecified atom stereocenters. The molecule has 3 rings (SSSR count). The first-order valence-electron chi connectivity index (χ1n) is 10.7. The largest absolute Gasteiger partial charge is 0.481 e. The Morgan fingerprint density at radius 2 is 2.00 bits per heavy atom. The third-order valence-corrected chi connectivity index (χ3v) is 6.01. The summed E-state index contributed by atoms with van der Waals surface area (Å²) in [6.07, 6.45) is 14.1. The van der Waals surface area contributed by atoms with E-state index in [1.54, 1.807) is 18.6 Å². The molecule has 158 valence electrons. The summed E-state index contributed by atoms with van der Waals surface area (Å²) in [5.74, 6) is -0.208. The SMILES string of the molecule is CC(C)(C)C(C(=O)O)[C@@H](CCCC1CCCCC1)c1noc(-c2cnccn2)n1. The van der Waals surface area contributed by atoms with Gasteiger partial charge in [0.1, 0.15) is 5.69 Å². The minimum Gasteiger partial charge on any atom is -0.481 e. The van der Waals surface area contributed by atoms with Crippen molar-refractivity contribution in [3.05, 3.63) is 24.4 Å². The fraction of sp³-hybridized carbons (Fsp3) is 0.682. The predicted molar refractivity (Wildman–Crippen MR) is 109 cm³/mol. The van der Waals surface area contributed by atoms with Crippen molar-refractivity contribution in [2.24, 2.45) is 17.3 Å². The first-order chi connectivity index (χ1) is 13.9. The Morgan fingerprint density at radius 3 is 2.62 bits per heavy atom. The van der Waals surface area contributed by atoms with E-state index in [0.29, 0.717) is 11.5 Å². The maximum atomic E-state index is 12.2. The van der Waals surface area contributed by atoms with Crippen LogP contribution in [0.15, 0.2) is 23.1 Å². The van der Waals surface area contributed by atoms with Gasteiger partial charge in [0.2, 0.25) is 0 Å². The van der Waals surface area contributed by atoms with Gasteiger partial charge in [-0.2, -0.15) is 4.98 Å². The van der Waals surface area contributed by atoms with Crippen molar-refractivity contribution < 1.29 is 14.4 Å². The topological polar surface area (TPSA) is 102 Å². The zero-order chi connectivity index (χ0) is 20.9. The van der Waals surface area contributed by atoms with E-state index in [2.05, 4.69) is 20.1 Å². The van der Waals surface area contributed by atoms with Crippen LogP contribution in [0.25, 0.3) is 11.6 Å². The summed E-state index contributed by atoms with van der Waals surface area (Å²) in [6.45, 7) is 5.89. The van der Waals surface area contributed by atoms with Crippen LogP contribution in [0, 0.1) is 17.3 Å². The molecule has 0 radical (unpaired) electrons. The number of rotatable bonds is 8. The molecule has 0 bridgehead atoms. The number of hydrogen-bond acceptors (Lipinski definition) is 6. The van der Waals surface area contributed by atoms with Gasteiger partial charge in [-0.1, -0.05) is 70.9 Å². The molecule has 1 fully saturated rings. The van der Waals surface area contributed by atoms with Gasteiger partial charge in [-0.3, -0.25) is 9.78 Å². The molecule has 1 saturated carbocycles. The van der Waals surface area contributed by atoms with Crippen LogP contribution in [0.4, 0.5) is 0 Å². The van der Waals surface area contributed by atoms with E-state index in [9.17, 15) is 9.90 Å². The van der Waals surface area contributed by atoms with E-state index in [1.165, 1.54) is 32.1 Å². The number of hydrogen-bond donors (Lipinski definition) is 1. The average Bonchev–Trinajstić information content (AvgIpc) is 3.17. The molecule has 0 aromatic carbocycles. The van der Waals surface area contributed by atoms with E-state index >= 15 is 0 Å². The number of carbonyl (C=O) groups is 1. The molecule has 7 heteroatoms. The highest BCUT2D eigenvalue weighted by atomic mass is 16.5. The third-order valence-electron chi connectivity index (χ3n) is 6.01. The molecular weight excluding hydrogens is 368 g/mol. The van der Waals surface area contributed by atoms with E-state index in [-0.39, 0.29) is 11.8 Å². The highest BCUT2D eigenvalue weighted by Crippen LogP contribution is 2.41. The van der Waals surface area contributed by atoms with Crippen molar-refractivity contribution >= 4 is 5.97 Å².